The molecule has 30 heavy (non-hydrogen) atoms. The highest BCUT2D eigenvalue weighted by Gasteiger charge is 2.28. The zero-order valence-corrected chi connectivity index (χ0v) is 18.1. The number of amides is 2. The lowest BCUT2D eigenvalue weighted by Crippen LogP contribution is -2.46. The summed E-state index contributed by atoms with van der Waals surface area (Å²) in [7, 11) is 0. The van der Waals surface area contributed by atoms with Gasteiger partial charge < -0.3 is 15.5 Å². The third-order valence-electron chi connectivity index (χ3n) is 5.52. The van der Waals surface area contributed by atoms with Crippen molar-refractivity contribution in [2.24, 2.45) is 5.92 Å². The number of hydrogen-bond donors (Lipinski definition) is 2. The van der Waals surface area contributed by atoms with E-state index in [9.17, 15) is 14.0 Å². The molecule has 0 aliphatic carbocycles. The van der Waals surface area contributed by atoms with E-state index >= 15 is 0 Å². The van der Waals surface area contributed by atoms with Gasteiger partial charge in [-0.15, -0.1) is 24.8 Å². The van der Waals surface area contributed by atoms with Crippen LogP contribution in [0.15, 0.2) is 24.5 Å². The summed E-state index contributed by atoms with van der Waals surface area (Å²) in [5.41, 5.74) is 1.02. The molecule has 2 atom stereocenters. The SMILES string of the molecule is Cl.Cl.O=C(NCC1CCCN(C(=O)c2cc(F)cc3nccnc23)C1)C1CCCN1. The second-order valence-corrected chi connectivity index (χ2v) is 7.53. The largest absolute Gasteiger partial charge is 0.354 e. The number of aromatic nitrogens is 2. The van der Waals surface area contributed by atoms with E-state index in [1.807, 2.05) is 0 Å². The van der Waals surface area contributed by atoms with Gasteiger partial charge in [0.15, 0.2) is 0 Å². The number of carbonyl (C=O) groups is 2. The lowest BCUT2D eigenvalue weighted by atomic mass is 9.97. The minimum atomic E-state index is -0.499. The average Bonchev–Trinajstić information content (AvgIpc) is 3.26. The number of piperidine rings is 1. The molecule has 164 valence electrons. The van der Waals surface area contributed by atoms with Crippen LogP contribution in [0.25, 0.3) is 11.0 Å². The molecule has 2 amide bonds. The van der Waals surface area contributed by atoms with Crippen LogP contribution in [0.5, 0.6) is 0 Å². The van der Waals surface area contributed by atoms with Gasteiger partial charge >= 0.3 is 0 Å². The Bertz CT molecular complexity index is 895. The second kappa shape index (κ2) is 10.8. The third-order valence-corrected chi connectivity index (χ3v) is 5.52. The molecule has 2 aromatic rings. The van der Waals surface area contributed by atoms with Crippen molar-refractivity contribution >= 4 is 47.7 Å². The fourth-order valence-electron chi connectivity index (χ4n) is 4.07. The van der Waals surface area contributed by atoms with E-state index in [4.69, 9.17) is 0 Å². The molecule has 2 aliphatic rings. The minimum absolute atomic E-state index is 0. The molecule has 0 radical (unpaired) electrons. The first-order chi connectivity index (χ1) is 13.6. The van der Waals surface area contributed by atoms with Crippen molar-refractivity contribution in [2.75, 3.05) is 26.2 Å². The number of nitrogens with zero attached hydrogens (tertiary/aromatic N) is 3. The monoisotopic (exact) mass is 457 g/mol. The lowest BCUT2D eigenvalue weighted by Gasteiger charge is -2.33. The second-order valence-electron chi connectivity index (χ2n) is 7.53. The normalized spacial score (nSPS) is 20.9. The molecule has 1 aromatic heterocycles. The van der Waals surface area contributed by atoms with Crippen LogP contribution in [0, 0.1) is 11.7 Å². The summed E-state index contributed by atoms with van der Waals surface area (Å²) in [6, 6.07) is 2.42. The number of likely N-dealkylation sites (tertiary alicyclic amines) is 1. The molecule has 10 heteroatoms. The zero-order valence-electron chi connectivity index (χ0n) is 16.5. The molecule has 0 spiro atoms. The standard InChI is InChI=1S/C20H24FN5O2.2ClH/c21-14-9-15(18-17(10-14)23-6-7-24-18)20(28)26-8-2-3-13(12-26)11-25-19(27)16-4-1-5-22-16;;/h6-7,9-10,13,16,22H,1-5,8,11-12H2,(H,25,27);2*1H. The highest BCUT2D eigenvalue weighted by molar-refractivity contribution is 6.04. The molecule has 3 heterocycles. The summed E-state index contributed by atoms with van der Waals surface area (Å²) in [6.45, 7) is 2.58. The number of carbonyl (C=O) groups excluding carboxylic acids is 2. The number of benzene rings is 1. The van der Waals surface area contributed by atoms with E-state index in [0.717, 1.165) is 32.2 Å². The Hall–Kier alpha value is -2.03. The van der Waals surface area contributed by atoms with Gasteiger partial charge in [-0.05, 0) is 44.2 Å². The fraction of sp³-hybridized carbons (Fsp3) is 0.500. The lowest BCUT2D eigenvalue weighted by molar-refractivity contribution is -0.123. The molecule has 2 aliphatic heterocycles. The van der Waals surface area contributed by atoms with E-state index in [1.54, 1.807) is 4.90 Å². The maximum absolute atomic E-state index is 14.0. The van der Waals surface area contributed by atoms with Crippen molar-refractivity contribution in [1.29, 1.82) is 0 Å². The summed E-state index contributed by atoms with van der Waals surface area (Å²) >= 11 is 0. The predicted octanol–water partition coefficient (Wildman–Crippen LogP) is 2.33. The molecule has 2 saturated heterocycles. The molecule has 0 saturated carbocycles. The van der Waals surface area contributed by atoms with E-state index in [2.05, 4.69) is 20.6 Å². The first kappa shape index (κ1) is 24.2. The van der Waals surface area contributed by atoms with Crippen LogP contribution in [0.2, 0.25) is 0 Å². The predicted molar refractivity (Wildman–Crippen MR) is 117 cm³/mol. The van der Waals surface area contributed by atoms with Gasteiger partial charge in [-0.1, -0.05) is 0 Å². The van der Waals surface area contributed by atoms with Crippen LogP contribution in [0.1, 0.15) is 36.0 Å². The van der Waals surface area contributed by atoms with Gasteiger partial charge in [-0.25, -0.2) is 4.39 Å². The third kappa shape index (κ3) is 5.36. The minimum Gasteiger partial charge on any atom is -0.354 e. The van der Waals surface area contributed by atoms with E-state index in [1.165, 1.54) is 24.5 Å². The van der Waals surface area contributed by atoms with Crippen LogP contribution in [0.3, 0.4) is 0 Å². The van der Waals surface area contributed by atoms with Crippen molar-refractivity contribution in [3.63, 3.8) is 0 Å². The fourth-order valence-corrected chi connectivity index (χ4v) is 4.07. The maximum atomic E-state index is 14.0. The van der Waals surface area contributed by atoms with Crippen LogP contribution in [-0.2, 0) is 4.79 Å². The van der Waals surface area contributed by atoms with Gasteiger partial charge in [-0.2, -0.15) is 0 Å². The molecule has 1 aromatic carbocycles. The van der Waals surface area contributed by atoms with Crippen LogP contribution in [-0.4, -0.2) is 58.9 Å². The number of nitrogens with one attached hydrogen (secondary N) is 2. The first-order valence-electron chi connectivity index (χ1n) is 9.82. The first-order valence-corrected chi connectivity index (χ1v) is 9.82. The highest BCUT2D eigenvalue weighted by atomic mass is 35.5. The van der Waals surface area contributed by atoms with Gasteiger partial charge in [0, 0.05) is 38.1 Å². The Kier molecular flexibility index (Phi) is 8.76. The molecular weight excluding hydrogens is 432 g/mol. The number of halogens is 3. The summed E-state index contributed by atoms with van der Waals surface area (Å²) < 4.78 is 14.0. The quantitative estimate of drug-likeness (QED) is 0.735. The van der Waals surface area contributed by atoms with Gasteiger partial charge in [0.05, 0.1) is 17.1 Å². The van der Waals surface area contributed by atoms with E-state index in [0.29, 0.717) is 30.7 Å². The number of fused-ring (bicyclic) bond motifs is 1. The summed E-state index contributed by atoms with van der Waals surface area (Å²) in [5, 5.41) is 6.20. The Morgan fingerprint density at radius 2 is 1.97 bits per heavy atom. The van der Waals surface area contributed by atoms with E-state index in [-0.39, 0.29) is 54.2 Å². The van der Waals surface area contributed by atoms with Crippen molar-refractivity contribution in [2.45, 2.75) is 31.7 Å². The van der Waals surface area contributed by atoms with Gasteiger partial charge in [-0.3, -0.25) is 19.6 Å². The average molecular weight is 458 g/mol. The Labute approximate surface area is 187 Å². The molecule has 0 bridgehead atoms. The molecule has 4 rings (SSSR count). The summed E-state index contributed by atoms with van der Waals surface area (Å²) in [5.74, 6) is -0.513. The maximum Gasteiger partial charge on any atom is 0.256 e. The molecule has 7 nitrogen and oxygen atoms in total. The number of hydrogen-bond acceptors (Lipinski definition) is 5. The van der Waals surface area contributed by atoms with E-state index < -0.39 is 5.82 Å². The Morgan fingerprint density at radius 1 is 1.17 bits per heavy atom. The van der Waals surface area contributed by atoms with Gasteiger partial charge in [0.25, 0.3) is 5.91 Å². The Morgan fingerprint density at radius 3 is 2.73 bits per heavy atom. The van der Waals surface area contributed by atoms with Gasteiger partial charge in [0.1, 0.15) is 11.3 Å². The molecule has 2 N–H and O–H groups in total. The summed E-state index contributed by atoms with van der Waals surface area (Å²) in [4.78, 5) is 35.3. The smallest absolute Gasteiger partial charge is 0.256 e. The number of rotatable bonds is 4. The Balaban J connectivity index is 0.00000160. The van der Waals surface area contributed by atoms with Crippen LogP contribution >= 0.6 is 24.8 Å². The summed E-state index contributed by atoms with van der Waals surface area (Å²) in [6.07, 6.45) is 6.68. The van der Waals surface area contributed by atoms with Crippen LogP contribution in [0.4, 0.5) is 4.39 Å². The van der Waals surface area contributed by atoms with Crippen molar-refractivity contribution < 1.29 is 14.0 Å². The molecule has 2 fully saturated rings. The topological polar surface area (TPSA) is 87.2 Å². The van der Waals surface area contributed by atoms with Crippen molar-refractivity contribution in [1.82, 2.24) is 25.5 Å². The molecule has 2 unspecified atom stereocenters. The zero-order chi connectivity index (χ0) is 19.5. The molecular formula is C20H26Cl2FN5O2. The van der Waals surface area contributed by atoms with Crippen molar-refractivity contribution in [3.05, 3.63) is 35.9 Å². The van der Waals surface area contributed by atoms with Crippen molar-refractivity contribution in [3.8, 4) is 0 Å². The highest BCUT2D eigenvalue weighted by Crippen LogP contribution is 2.22. The van der Waals surface area contributed by atoms with Gasteiger partial charge in [0.2, 0.25) is 5.91 Å². The van der Waals surface area contributed by atoms with Crippen LogP contribution < -0.4 is 10.6 Å².